The van der Waals surface area contributed by atoms with Gasteiger partial charge in [-0.15, -0.1) is 0 Å². The Balaban J connectivity index is 1.56. The van der Waals surface area contributed by atoms with E-state index in [4.69, 9.17) is 0 Å². The lowest BCUT2D eigenvalue weighted by atomic mass is 9.72. The molecule has 1 aromatic rings. The lowest BCUT2D eigenvalue weighted by molar-refractivity contribution is -0.144. The van der Waals surface area contributed by atoms with Crippen molar-refractivity contribution >= 4 is 11.8 Å². The standard InChI is InChI=1S/C21H32N4O2/c1-17(23(2)3)20(27)24-13-9-21(10-14-24)8-6-19(26)25(16-21)12-7-18-5-4-11-22-15-18/h4-5,11,15,17H,6-10,12-14,16H2,1-3H3/t17-/m0/s1. The summed E-state index contributed by atoms with van der Waals surface area (Å²) in [6, 6.07) is 3.92. The third-order valence-corrected chi connectivity index (χ3v) is 6.41. The SMILES string of the molecule is C[C@@H](C(=O)N1CCC2(CCC(=O)N(CCc3cccnc3)C2)CC1)N(C)C. The maximum atomic E-state index is 12.6. The molecule has 0 radical (unpaired) electrons. The van der Waals surface area contributed by atoms with Crippen LogP contribution in [0.4, 0.5) is 0 Å². The number of piperidine rings is 2. The molecule has 0 bridgehead atoms. The van der Waals surface area contributed by atoms with Crippen LogP contribution >= 0.6 is 0 Å². The minimum Gasteiger partial charge on any atom is -0.342 e. The van der Waals surface area contributed by atoms with Crippen LogP contribution in [0.1, 0.15) is 38.2 Å². The molecule has 27 heavy (non-hydrogen) atoms. The number of nitrogens with zero attached hydrogens (tertiary/aromatic N) is 4. The minimum absolute atomic E-state index is 0.0806. The van der Waals surface area contributed by atoms with Gasteiger partial charge in [0.1, 0.15) is 0 Å². The zero-order chi connectivity index (χ0) is 19.4. The quantitative estimate of drug-likeness (QED) is 0.791. The number of hydrogen-bond acceptors (Lipinski definition) is 4. The number of pyridine rings is 1. The molecule has 6 heteroatoms. The van der Waals surface area contributed by atoms with Crippen molar-refractivity contribution < 1.29 is 9.59 Å². The van der Waals surface area contributed by atoms with Crippen molar-refractivity contribution in [3.05, 3.63) is 30.1 Å². The molecule has 148 valence electrons. The zero-order valence-corrected chi connectivity index (χ0v) is 16.9. The first-order valence-electron chi connectivity index (χ1n) is 10.0. The normalized spacial score (nSPS) is 21.0. The van der Waals surface area contributed by atoms with E-state index in [1.54, 1.807) is 6.20 Å². The first-order valence-corrected chi connectivity index (χ1v) is 10.0. The van der Waals surface area contributed by atoms with Crippen LogP contribution in [-0.2, 0) is 16.0 Å². The van der Waals surface area contributed by atoms with Gasteiger partial charge in [-0.05, 0) is 63.7 Å². The number of likely N-dealkylation sites (N-methyl/N-ethyl adjacent to an activating group) is 1. The largest absolute Gasteiger partial charge is 0.342 e. The van der Waals surface area contributed by atoms with Crippen LogP contribution in [-0.4, -0.2) is 77.8 Å². The molecule has 2 aliphatic rings. The first kappa shape index (κ1) is 19.8. The lowest BCUT2D eigenvalue weighted by Gasteiger charge is -2.48. The highest BCUT2D eigenvalue weighted by atomic mass is 16.2. The smallest absolute Gasteiger partial charge is 0.239 e. The van der Waals surface area contributed by atoms with E-state index in [2.05, 4.69) is 11.1 Å². The predicted octanol–water partition coefficient (Wildman–Crippen LogP) is 1.81. The van der Waals surface area contributed by atoms with E-state index in [9.17, 15) is 9.59 Å². The fourth-order valence-electron chi connectivity index (χ4n) is 4.21. The van der Waals surface area contributed by atoms with Gasteiger partial charge in [0.15, 0.2) is 0 Å². The Bertz CT molecular complexity index is 653. The maximum Gasteiger partial charge on any atom is 0.239 e. The molecule has 1 spiro atoms. The molecule has 3 rings (SSSR count). The number of aromatic nitrogens is 1. The topological polar surface area (TPSA) is 56.8 Å². The molecular formula is C21H32N4O2. The number of amides is 2. The highest BCUT2D eigenvalue weighted by Crippen LogP contribution is 2.40. The summed E-state index contributed by atoms with van der Waals surface area (Å²) in [7, 11) is 3.89. The minimum atomic E-state index is -0.0806. The lowest BCUT2D eigenvalue weighted by Crippen LogP contribution is -2.54. The Labute approximate surface area is 162 Å². The van der Waals surface area contributed by atoms with Crippen molar-refractivity contribution in [1.82, 2.24) is 19.7 Å². The fourth-order valence-corrected chi connectivity index (χ4v) is 4.21. The molecular weight excluding hydrogens is 340 g/mol. The molecule has 2 saturated heterocycles. The fraction of sp³-hybridized carbons (Fsp3) is 0.667. The van der Waals surface area contributed by atoms with Crippen LogP contribution < -0.4 is 0 Å². The Morgan fingerprint density at radius 3 is 2.67 bits per heavy atom. The third kappa shape index (κ3) is 4.67. The number of carbonyl (C=O) groups is 2. The molecule has 2 aliphatic heterocycles. The van der Waals surface area contributed by atoms with Crippen LogP contribution in [0.15, 0.2) is 24.5 Å². The van der Waals surface area contributed by atoms with Crippen LogP contribution in [0.5, 0.6) is 0 Å². The summed E-state index contributed by atoms with van der Waals surface area (Å²) in [5, 5.41) is 0. The second kappa shape index (κ2) is 8.38. The van der Waals surface area contributed by atoms with E-state index in [0.717, 1.165) is 51.9 Å². The Morgan fingerprint density at radius 2 is 2.04 bits per heavy atom. The van der Waals surface area contributed by atoms with E-state index < -0.39 is 0 Å². The molecule has 1 atom stereocenters. The van der Waals surface area contributed by atoms with E-state index in [-0.39, 0.29) is 23.3 Å². The van der Waals surface area contributed by atoms with Crippen molar-refractivity contribution in [3.8, 4) is 0 Å². The first-order chi connectivity index (χ1) is 12.9. The average Bonchev–Trinajstić information content (AvgIpc) is 2.69. The molecule has 6 nitrogen and oxygen atoms in total. The van der Waals surface area contributed by atoms with Gasteiger partial charge in [-0.25, -0.2) is 0 Å². The molecule has 3 heterocycles. The molecule has 0 N–H and O–H groups in total. The summed E-state index contributed by atoms with van der Waals surface area (Å²) in [6.07, 6.45) is 8.08. The molecule has 0 aromatic carbocycles. The van der Waals surface area contributed by atoms with Gasteiger partial charge in [0.2, 0.25) is 11.8 Å². The van der Waals surface area contributed by atoms with Gasteiger partial charge in [-0.3, -0.25) is 19.5 Å². The van der Waals surface area contributed by atoms with Crippen molar-refractivity contribution in [2.75, 3.05) is 40.3 Å². The van der Waals surface area contributed by atoms with Crippen LogP contribution in [0, 0.1) is 5.41 Å². The predicted molar refractivity (Wildman–Crippen MR) is 105 cm³/mol. The van der Waals surface area contributed by atoms with Crippen LogP contribution in [0.2, 0.25) is 0 Å². The summed E-state index contributed by atoms with van der Waals surface area (Å²) in [4.78, 5) is 35.2. The summed E-state index contributed by atoms with van der Waals surface area (Å²) in [5.74, 6) is 0.486. The summed E-state index contributed by atoms with van der Waals surface area (Å²) in [5.41, 5.74) is 1.35. The van der Waals surface area contributed by atoms with Gasteiger partial charge in [-0.1, -0.05) is 6.07 Å². The Kier molecular flexibility index (Phi) is 6.15. The van der Waals surface area contributed by atoms with Crippen molar-refractivity contribution in [2.45, 2.75) is 45.1 Å². The molecule has 1 aromatic heterocycles. The van der Waals surface area contributed by atoms with Gasteiger partial charge in [0.25, 0.3) is 0 Å². The number of rotatable bonds is 5. The Hall–Kier alpha value is -1.95. The van der Waals surface area contributed by atoms with E-state index in [1.807, 2.05) is 48.0 Å². The third-order valence-electron chi connectivity index (χ3n) is 6.41. The van der Waals surface area contributed by atoms with Crippen molar-refractivity contribution in [3.63, 3.8) is 0 Å². The number of likely N-dealkylation sites (tertiary alicyclic amines) is 2. The Morgan fingerprint density at radius 1 is 1.30 bits per heavy atom. The van der Waals surface area contributed by atoms with Crippen LogP contribution in [0.3, 0.4) is 0 Å². The second-order valence-electron chi connectivity index (χ2n) is 8.39. The zero-order valence-electron chi connectivity index (χ0n) is 16.9. The monoisotopic (exact) mass is 372 g/mol. The van der Waals surface area contributed by atoms with E-state index in [0.29, 0.717) is 6.42 Å². The molecule has 2 amide bonds. The average molecular weight is 373 g/mol. The highest BCUT2D eigenvalue weighted by Gasteiger charge is 2.42. The van der Waals surface area contributed by atoms with Gasteiger partial charge in [0, 0.05) is 45.0 Å². The van der Waals surface area contributed by atoms with E-state index in [1.165, 1.54) is 5.56 Å². The van der Waals surface area contributed by atoms with Gasteiger partial charge in [-0.2, -0.15) is 0 Å². The molecule has 0 saturated carbocycles. The number of hydrogen-bond donors (Lipinski definition) is 0. The summed E-state index contributed by atoms with van der Waals surface area (Å²) in [6.45, 7) is 5.17. The van der Waals surface area contributed by atoms with Crippen molar-refractivity contribution in [1.29, 1.82) is 0 Å². The molecule has 0 unspecified atom stereocenters. The van der Waals surface area contributed by atoms with Gasteiger partial charge in [0.05, 0.1) is 6.04 Å². The highest BCUT2D eigenvalue weighted by molar-refractivity contribution is 5.81. The second-order valence-corrected chi connectivity index (χ2v) is 8.39. The summed E-state index contributed by atoms with van der Waals surface area (Å²) >= 11 is 0. The van der Waals surface area contributed by atoms with Gasteiger partial charge < -0.3 is 9.80 Å². The van der Waals surface area contributed by atoms with Crippen LogP contribution in [0.25, 0.3) is 0 Å². The maximum absolute atomic E-state index is 12.6. The summed E-state index contributed by atoms with van der Waals surface area (Å²) < 4.78 is 0. The molecule has 0 aliphatic carbocycles. The molecule has 2 fully saturated rings. The van der Waals surface area contributed by atoms with E-state index >= 15 is 0 Å². The van der Waals surface area contributed by atoms with Gasteiger partial charge >= 0.3 is 0 Å². The number of carbonyl (C=O) groups excluding carboxylic acids is 2. The van der Waals surface area contributed by atoms with Crippen molar-refractivity contribution in [2.24, 2.45) is 5.41 Å².